The molecule has 1 N–H and O–H groups in total. The molecule has 0 bridgehead atoms. The number of aromatic nitrogens is 3. The van der Waals surface area contributed by atoms with Crippen molar-refractivity contribution in [3.63, 3.8) is 0 Å². The second kappa shape index (κ2) is 5.92. The number of carbonyl (C=O) groups excluding carboxylic acids is 1. The summed E-state index contributed by atoms with van der Waals surface area (Å²) < 4.78 is 0.892. The van der Waals surface area contributed by atoms with Crippen LogP contribution in [0, 0.1) is 0 Å². The highest BCUT2D eigenvalue weighted by Crippen LogP contribution is 2.15. The molecule has 106 valence electrons. The number of nitrogens with one attached hydrogen (secondary N) is 1. The lowest BCUT2D eigenvalue weighted by atomic mass is 10.3. The Morgan fingerprint density at radius 3 is 2.95 bits per heavy atom. The van der Waals surface area contributed by atoms with Crippen molar-refractivity contribution in [3.05, 3.63) is 53.0 Å². The Morgan fingerprint density at radius 2 is 2.10 bits per heavy atom. The predicted octanol–water partition coefficient (Wildman–Crippen LogP) is 2.26. The van der Waals surface area contributed by atoms with Crippen LogP contribution in [0.4, 0.5) is 5.69 Å². The highest BCUT2D eigenvalue weighted by molar-refractivity contribution is 9.10. The van der Waals surface area contributed by atoms with Crippen LogP contribution in [0.1, 0.15) is 0 Å². The van der Waals surface area contributed by atoms with Crippen LogP contribution in [0.2, 0.25) is 0 Å². The molecule has 1 amide bonds. The number of nitrogens with zero attached hydrogens (tertiary/aromatic N) is 3. The summed E-state index contributed by atoms with van der Waals surface area (Å²) in [6, 6.07) is 14.7. The fraction of sp³-hybridized carbons (Fsp3) is 0.0714. The summed E-state index contributed by atoms with van der Waals surface area (Å²) in [7, 11) is 0. The van der Waals surface area contributed by atoms with E-state index in [-0.39, 0.29) is 12.5 Å². The fourth-order valence-electron chi connectivity index (χ4n) is 1.83. The molecule has 0 aliphatic carbocycles. The smallest absolute Gasteiger partial charge is 0.265 e. The first-order chi connectivity index (χ1) is 10.2. The van der Waals surface area contributed by atoms with Gasteiger partial charge in [0.25, 0.3) is 5.91 Å². The van der Waals surface area contributed by atoms with Crippen LogP contribution in [0.25, 0.3) is 11.0 Å². The summed E-state index contributed by atoms with van der Waals surface area (Å²) in [5.41, 5.74) is 2.12. The molecule has 0 saturated heterocycles. The van der Waals surface area contributed by atoms with Gasteiger partial charge in [-0.3, -0.25) is 4.79 Å². The van der Waals surface area contributed by atoms with E-state index >= 15 is 0 Å². The van der Waals surface area contributed by atoms with Crippen molar-refractivity contribution in [1.82, 2.24) is 15.2 Å². The minimum Gasteiger partial charge on any atom is -0.385 e. The van der Waals surface area contributed by atoms with E-state index in [1.165, 1.54) is 4.85 Å². The number of hydrogen-bond acceptors (Lipinski definition) is 4. The number of benzene rings is 2. The quantitative estimate of drug-likeness (QED) is 0.786. The molecule has 0 aliphatic rings. The Kier molecular flexibility index (Phi) is 3.83. The standard InChI is InChI=1S/C14H11BrN4O2/c15-10-4-3-5-11(8-10)16-14(20)9-21-19-13-7-2-1-6-12(13)17-18-19/h1-8H,9H2,(H,16,20). The summed E-state index contributed by atoms with van der Waals surface area (Å²) in [5.74, 6) is -0.271. The SMILES string of the molecule is O=C(COn1nnc2ccccc21)Nc1cccc(Br)c1. The third-order valence-electron chi connectivity index (χ3n) is 2.75. The summed E-state index contributed by atoms with van der Waals surface area (Å²) in [6.45, 7) is -0.153. The average Bonchev–Trinajstić information content (AvgIpc) is 2.88. The van der Waals surface area contributed by atoms with Gasteiger partial charge in [0, 0.05) is 10.2 Å². The van der Waals surface area contributed by atoms with E-state index in [4.69, 9.17) is 4.84 Å². The van der Waals surface area contributed by atoms with Gasteiger partial charge in [-0.25, -0.2) is 0 Å². The zero-order chi connectivity index (χ0) is 14.7. The van der Waals surface area contributed by atoms with Gasteiger partial charge in [0.2, 0.25) is 0 Å². The van der Waals surface area contributed by atoms with Crippen molar-refractivity contribution >= 4 is 38.6 Å². The minimum absolute atomic E-state index is 0.153. The second-order valence-corrected chi connectivity index (χ2v) is 5.20. The molecule has 1 heterocycles. The molecule has 0 spiro atoms. The number of anilines is 1. The number of rotatable bonds is 4. The molecule has 6 nitrogen and oxygen atoms in total. The molecule has 0 atom stereocenters. The highest BCUT2D eigenvalue weighted by Gasteiger charge is 2.07. The Bertz CT molecular complexity index is 787. The number of fused-ring (bicyclic) bond motifs is 1. The number of amides is 1. The zero-order valence-electron chi connectivity index (χ0n) is 10.9. The van der Waals surface area contributed by atoms with Crippen LogP contribution in [0.15, 0.2) is 53.0 Å². The molecule has 3 aromatic rings. The number of halogens is 1. The van der Waals surface area contributed by atoms with Gasteiger partial charge in [0.1, 0.15) is 11.0 Å². The first-order valence-corrected chi connectivity index (χ1v) is 7.01. The number of hydrogen-bond donors (Lipinski definition) is 1. The molecule has 0 radical (unpaired) electrons. The van der Waals surface area contributed by atoms with E-state index in [9.17, 15) is 4.79 Å². The van der Waals surface area contributed by atoms with Gasteiger partial charge >= 0.3 is 0 Å². The summed E-state index contributed by atoms with van der Waals surface area (Å²) >= 11 is 3.34. The maximum Gasteiger partial charge on any atom is 0.265 e. The van der Waals surface area contributed by atoms with Crippen molar-refractivity contribution in [3.8, 4) is 0 Å². The monoisotopic (exact) mass is 346 g/mol. The molecule has 0 fully saturated rings. The fourth-order valence-corrected chi connectivity index (χ4v) is 2.23. The Morgan fingerprint density at radius 1 is 1.24 bits per heavy atom. The minimum atomic E-state index is -0.271. The van der Waals surface area contributed by atoms with E-state index in [0.29, 0.717) is 16.7 Å². The molecule has 0 unspecified atom stereocenters. The molecular formula is C14H11BrN4O2. The molecule has 1 aromatic heterocycles. The van der Waals surface area contributed by atoms with Crippen molar-refractivity contribution in [2.45, 2.75) is 0 Å². The van der Waals surface area contributed by atoms with E-state index in [1.807, 2.05) is 42.5 Å². The van der Waals surface area contributed by atoms with Crippen molar-refractivity contribution < 1.29 is 9.63 Å². The Hall–Kier alpha value is -2.41. The van der Waals surface area contributed by atoms with Crippen molar-refractivity contribution in [1.29, 1.82) is 0 Å². The van der Waals surface area contributed by atoms with Crippen LogP contribution in [0.3, 0.4) is 0 Å². The number of carbonyl (C=O) groups is 1. The summed E-state index contributed by atoms with van der Waals surface area (Å²) in [5, 5.41) is 10.5. The third kappa shape index (κ3) is 3.19. The van der Waals surface area contributed by atoms with Gasteiger partial charge in [-0.15, -0.1) is 5.10 Å². The van der Waals surface area contributed by atoms with E-state index in [1.54, 1.807) is 6.07 Å². The molecule has 3 rings (SSSR count). The van der Waals surface area contributed by atoms with Gasteiger partial charge in [-0.05, 0) is 35.5 Å². The van der Waals surface area contributed by atoms with Crippen molar-refractivity contribution in [2.24, 2.45) is 0 Å². The van der Waals surface area contributed by atoms with E-state index in [2.05, 4.69) is 31.6 Å². The second-order valence-electron chi connectivity index (χ2n) is 4.28. The lowest BCUT2D eigenvalue weighted by molar-refractivity contribution is -0.121. The zero-order valence-corrected chi connectivity index (χ0v) is 12.4. The lowest BCUT2D eigenvalue weighted by Crippen LogP contribution is -2.26. The van der Waals surface area contributed by atoms with E-state index in [0.717, 1.165) is 4.47 Å². The summed E-state index contributed by atoms with van der Waals surface area (Å²) in [6.07, 6.45) is 0. The molecule has 0 saturated carbocycles. The largest absolute Gasteiger partial charge is 0.385 e. The van der Waals surface area contributed by atoms with Crippen LogP contribution < -0.4 is 10.2 Å². The van der Waals surface area contributed by atoms with Crippen molar-refractivity contribution in [2.75, 3.05) is 11.9 Å². The van der Waals surface area contributed by atoms with Gasteiger partial charge in [-0.2, -0.15) is 0 Å². The predicted molar refractivity (Wildman–Crippen MR) is 81.7 cm³/mol. The average molecular weight is 347 g/mol. The van der Waals surface area contributed by atoms with Gasteiger partial charge in [0.05, 0.1) is 0 Å². The van der Waals surface area contributed by atoms with Gasteiger partial charge < -0.3 is 10.2 Å². The van der Waals surface area contributed by atoms with Crippen LogP contribution in [0.5, 0.6) is 0 Å². The first kappa shape index (κ1) is 13.6. The highest BCUT2D eigenvalue weighted by atomic mass is 79.9. The topological polar surface area (TPSA) is 69.0 Å². The van der Waals surface area contributed by atoms with Gasteiger partial charge in [0.15, 0.2) is 6.61 Å². The van der Waals surface area contributed by atoms with Crippen LogP contribution >= 0.6 is 15.9 Å². The molecule has 7 heteroatoms. The number of para-hydroxylation sites is 1. The van der Waals surface area contributed by atoms with Gasteiger partial charge in [-0.1, -0.05) is 39.0 Å². The molecule has 21 heavy (non-hydrogen) atoms. The first-order valence-electron chi connectivity index (χ1n) is 6.21. The Labute approximate surface area is 128 Å². The summed E-state index contributed by atoms with van der Waals surface area (Å²) in [4.78, 5) is 18.4. The molecular weight excluding hydrogens is 336 g/mol. The lowest BCUT2D eigenvalue weighted by Gasteiger charge is -2.07. The maximum absolute atomic E-state index is 11.8. The normalized spacial score (nSPS) is 10.5. The third-order valence-corrected chi connectivity index (χ3v) is 3.24. The Balaban J connectivity index is 1.63. The van der Waals surface area contributed by atoms with Crippen LogP contribution in [-0.2, 0) is 4.79 Å². The van der Waals surface area contributed by atoms with Crippen LogP contribution in [-0.4, -0.2) is 27.7 Å². The maximum atomic E-state index is 11.8. The molecule has 2 aromatic carbocycles. The van der Waals surface area contributed by atoms with E-state index < -0.39 is 0 Å². The molecule has 0 aliphatic heterocycles.